The Hall–Kier alpha value is -2.54. The Balaban J connectivity index is 1.22. The molecule has 0 saturated carbocycles. The largest absolute Gasteiger partial charge is 0.464 e. The lowest BCUT2D eigenvalue weighted by Gasteiger charge is -2.20. The van der Waals surface area contributed by atoms with Crippen molar-refractivity contribution in [2.45, 2.75) is 101 Å². The Morgan fingerprint density at radius 3 is 2.51 bits per heavy atom. The maximum absolute atomic E-state index is 12.7. The second-order valence-corrected chi connectivity index (χ2v) is 11.9. The number of hydrogen-bond donors (Lipinski definition) is 5. The van der Waals surface area contributed by atoms with Crippen molar-refractivity contribution in [3.05, 3.63) is 0 Å². The Morgan fingerprint density at radius 2 is 1.79 bits per heavy atom. The molecule has 3 rings (SSSR count). The second-order valence-electron chi connectivity index (χ2n) is 10.6. The molecular weight excluding hydrogens is 526 g/mol. The summed E-state index contributed by atoms with van der Waals surface area (Å²) < 4.78 is 9.98. The molecule has 3 aliphatic heterocycles. The first kappa shape index (κ1) is 31.0. The molecule has 3 fully saturated rings. The summed E-state index contributed by atoms with van der Waals surface area (Å²) in [5.41, 5.74) is 0. The van der Waals surface area contributed by atoms with E-state index in [9.17, 15) is 24.0 Å². The summed E-state index contributed by atoms with van der Waals surface area (Å²) in [5.74, 6) is -0.218. The van der Waals surface area contributed by atoms with Crippen LogP contribution in [0.4, 0.5) is 4.79 Å². The van der Waals surface area contributed by atoms with Crippen LogP contribution in [0.15, 0.2) is 0 Å². The van der Waals surface area contributed by atoms with Gasteiger partial charge in [0.1, 0.15) is 6.04 Å². The Kier molecular flexibility index (Phi) is 12.2. The minimum atomic E-state index is -0.920. The number of hydrogen-bond acceptors (Lipinski definition) is 8. The molecular formula is C26H43N5O7S. The molecule has 39 heavy (non-hydrogen) atoms. The van der Waals surface area contributed by atoms with Gasteiger partial charge in [-0.25, -0.2) is 9.59 Å². The smallest absolute Gasteiger partial charge is 0.338 e. The molecule has 3 aliphatic rings. The predicted molar refractivity (Wildman–Crippen MR) is 146 cm³/mol. The van der Waals surface area contributed by atoms with Crippen LogP contribution in [0.25, 0.3) is 0 Å². The number of rotatable bonds is 17. The maximum Gasteiger partial charge on any atom is 0.338 e. The molecule has 0 aromatic rings. The van der Waals surface area contributed by atoms with Gasteiger partial charge in [0.05, 0.1) is 18.7 Å². The van der Waals surface area contributed by atoms with Crippen LogP contribution in [-0.4, -0.2) is 90.8 Å². The van der Waals surface area contributed by atoms with Crippen LogP contribution in [-0.2, 0) is 28.7 Å². The van der Waals surface area contributed by atoms with E-state index in [1.54, 1.807) is 6.92 Å². The number of thioether (sulfide) groups is 1. The summed E-state index contributed by atoms with van der Waals surface area (Å²) in [6.45, 7) is 6.76. The highest BCUT2D eigenvalue weighted by molar-refractivity contribution is 8.00. The summed E-state index contributed by atoms with van der Waals surface area (Å²) >= 11 is 1.88. The fraction of sp³-hybridized carbons (Fsp3) is 0.808. The van der Waals surface area contributed by atoms with Crippen molar-refractivity contribution in [1.29, 1.82) is 0 Å². The number of amides is 5. The molecule has 0 aromatic carbocycles. The lowest BCUT2D eigenvalue weighted by atomic mass is 10.0. The molecule has 0 bridgehead atoms. The van der Waals surface area contributed by atoms with E-state index in [1.807, 2.05) is 25.6 Å². The third-order valence-electron chi connectivity index (χ3n) is 6.91. The highest BCUT2D eigenvalue weighted by Crippen LogP contribution is 2.33. The van der Waals surface area contributed by atoms with Crippen molar-refractivity contribution >= 4 is 41.5 Å². The van der Waals surface area contributed by atoms with Crippen molar-refractivity contribution in [2.24, 2.45) is 5.92 Å². The van der Waals surface area contributed by atoms with Crippen LogP contribution in [0, 0.1) is 5.92 Å². The molecule has 0 aliphatic carbocycles. The van der Waals surface area contributed by atoms with Gasteiger partial charge in [0.2, 0.25) is 11.8 Å². The number of epoxide rings is 1. The van der Waals surface area contributed by atoms with E-state index in [0.717, 1.165) is 31.4 Å². The lowest BCUT2D eigenvalue weighted by molar-refractivity contribution is -0.144. The molecule has 0 radical (unpaired) electrons. The number of unbranched alkanes of at least 4 members (excludes halogenated alkanes) is 2. The fourth-order valence-corrected chi connectivity index (χ4v) is 6.39. The van der Waals surface area contributed by atoms with Crippen molar-refractivity contribution in [3.63, 3.8) is 0 Å². The number of urea groups is 1. The zero-order valence-corrected chi connectivity index (χ0v) is 23.9. The van der Waals surface area contributed by atoms with Crippen LogP contribution in [0.1, 0.15) is 65.7 Å². The molecule has 12 nitrogen and oxygen atoms in total. The summed E-state index contributed by atoms with van der Waals surface area (Å²) in [6.07, 6.45) is 3.26. The summed E-state index contributed by atoms with van der Waals surface area (Å²) in [4.78, 5) is 60.4. The quantitative estimate of drug-likeness (QED) is 0.0734. The zero-order chi connectivity index (χ0) is 28.4. The molecule has 5 N–H and O–H groups in total. The van der Waals surface area contributed by atoms with Gasteiger partial charge >= 0.3 is 12.0 Å². The van der Waals surface area contributed by atoms with Gasteiger partial charge < -0.3 is 36.1 Å². The minimum Gasteiger partial charge on any atom is -0.464 e. The van der Waals surface area contributed by atoms with Gasteiger partial charge in [0.25, 0.3) is 5.91 Å². The first-order valence-corrected chi connectivity index (χ1v) is 15.1. The molecule has 3 heterocycles. The van der Waals surface area contributed by atoms with E-state index < -0.39 is 30.1 Å². The van der Waals surface area contributed by atoms with E-state index in [1.165, 1.54) is 0 Å². The van der Waals surface area contributed by atoms with Gasteiger partial charge in [-0.2, -0.15) is 11.8 Å². The highest BCUT2D eigenvalue weighted by atomic mass is 32.2. The number of esters is 1. The summed E-state index contributed by atoms with van der Waals surface area (Å²) in [6, 6.07) is -0.377. The van der Waals surface area contributed by atoms with Gasteiger partial charge in [-0.15, -0.1) is 0 Å². The molecule has 0 aromatic heterocycles. The Labute approximate surface area is 234 Å². The van der Waals surface area contributed by atoms with Crippen LogP contribution in [0.2, 0.25) is 0 Å². The van der Waals surface area contributed by atoms with Gasteiger partial charge in [0.15, 0.2) is 12.2 Å². The minimum absolute atomic E-state index is 0.0231. The van der Waals surface area contributed by atoms with Gasteiger partial charge in [-0.3, -0.25) is 14.4 Å². The standard InChI is InChI=1S/C26H43N5O7S/c1-4-37-25(35)22-21(38-22)24(34)29-16(13-15(2)3)23(33)28-12-8-7-11-27-19(32)10-6-5-9-18-20-17(14-39-18)30-26(36)31-20/h15-18,20-22H,4-14H2,1-3H3,(H,27,32)(H,28,33)(H,29,34)(H2,30,31,36)/t16-,17-,18-,20-,21+,22-/m0/s1. The van der Waals surface area contributed by atoms with Crippen molar-refractivity contribution in [2.75, 3.05) is 25.4 Å². The topological polar surface area (TPSA) is 167 Å². The molecule has 0 spiro atoms. The number of nitrogens with one attached hydrogen (secondary N) is 5. The van der Waals surface area contributed by atoms with Gasteiger partial charge in [-0.1, -0.05) is 20.3 Å². The normalized spacial score (nSPS) is 25.7. The first-order chi connectivity index (χ1) is 18.7. The number of fused-ring (bicyclic) bond motifs is 1. The van der Waals surface area contributed by atoms with Crippen LogP contribution < -0.4 is 26.6 Å². The fourth-order valence-electron chi connectivity index (χ4n) is 4.85. The lowest BCUT2D eigenvalue weighted by Crippen LogP contribution is -2.49. The zero-order valence-electron chi connectivity index (χ0n) is 23.1. The third kappa shape index (κ3) is 9.86. The SMILES string of the molecule is CCOC(=O)[C@H]1O[C@H]1C(=O)N[C@@H](CC(C)C)C(=O)NCCCCNC(=O)CCCC[C@@H]1SC[C@@H]2NC(=O)N[C@@H]21. The van der Waals surface area contributed by atoms with E-state index in [-0.39, 0.29) is 42.5 Å². The molecule has 13 heteroatoms. The first-order valence-electron chi connectivity index (χ1n) is 14.0. The molecule has 3 saturated heterocycles. The van der Waals surface area contributed by atoms with E-state index in [0.29, 0.717) is 37.6 Å². The Bertz CT molecular complexity index is 889. The molecule has 0 unspecified atom stereocenters. The van der Waals surface area contributed by atoms with E-state index in [4.69, 9.17) is 9.47 Å². The summed E-state index contributed by atoms with van der Waals surface area (Å²) in [7, 11) is 0. The average molecular weight is 570 g/mol. The van der Waals surface area contributed by atoms with Crippen LogP contribution >= 0.6 is 11.8 Å². The summed E-state index contributed by atoms with van der Waals surface area (Å²) in [5, 5.41) is 14.8. The molecule has 6 atom stereocenters. The van der Waals surface area contributed by atoms with Crippen LogP contribution in [0.5, 0.6) is 0 Å². The van der Waals surface area contributed by atoms with Gasteiger partial charge in [-0.05, 0) is 44.9 Å². The van der Waals surface area contributed by atoms with E-state index >= 15 is 0 Å². The average Bonchev–Trinajstić information content (AvgIpc) is 3.49. The third-order valence-corrected chi connectivity index (χ3v) is 8.42. The maximum atomic E-state index is 12.7. The van der Waals surface area contributed by atoms with Crippen LogP contribution in [0.3, 0.4) is 0 Å². The van der Waals surface area contributed by atoms with Crippen molar-refractivity contribution in [3.8, 4) is 0 Å². The number of carbonyl (C=O) groups excluding carboxylic acids is 5. The second kappa shape index (κ2) is 15.3. The monoisotopic (exact) mass is 569 g/mol. The highest BCUT2D eigenvalue weighted by Gasteiger charge is 2.52. The number of carbonyl (C=O) groups is 5. The van der Waals surface area contributed by atoms with E-state index in [2.05, 4.69) is 26.6 Å². The molecule has 220 valence electrons. The van der Waals surface area contributed by atoms with Crippen molar-refractivity contribution < 1.29 is 33.4 Å². The predicted octanol–water partition coefficient (Wildman–Crippen LogP) is 0.586. The van der Waals surface area contributed by atoms with Gasteiger partial charge in [0, 0.05) is 30.5 Å². The van der Waals surface area contributed by atoms with Crippen molar-refractivity contribution in [1.82, 2.24) is 26.6 Å². The molecule has 5 amide bonds. The Morgan fingerprint density at radius 1 is 1.05 bits per heavy atom. The number of ether oxygens (including phenoxy) is 2.